The molecule has 0 aromatic carbocycles. The topological polar surface area (TPSA) is 60.4 Å². The van der Waals surface area contributed by atoms with Gasteiger partial charge in [-0.05, 0) is 34.2 Å². The Bertz CT molecular complexity index is 349. The van der Waals surface area contributed by atoms with Crippen molar-refractivity contribution in [3.05, 3.63) is 0 Å². The zero-order valence-corrected chi connectivity index (χ0v) is 21.0. The van der Waals surface area contributed by atoms with Crippen molar-refractivity contribution < 1.29 is 62.6 Å². The van der Waals surface area contributed by atoms with E-state index in [1.165, 1.54) is 12.6 Å². The summed E-state index contributed by atoms with van der Waals surface area (Å²) >= 11 is 0. The van der Waals surface area contributed by atoms with E-state index in [4.69, 9.17) is 13.0 Å². The molecular weight excluding hydrogens is 463 g/mol. The van der Waals surface area contributed by atoms with Crippen LogP contribution in [0.4, 0.5) is 13.2 Å². The molecule has 0 atom stereocenters. The van der Waals surface area contributed by atoms with Gasteiger partial charge in [-0.3, -0.25) is 4.90 Å². The number of alkyl halides is 3. The molecule has 0 unspecified atom stereocenters. The van der Waals surface area contributed by atoms with Gasteiger partial charge in [0.2, 0.25) is 0 Å². The van der Waals surface area contributed by atoms with Crippen LogP contribution in [0.2, 0.25) is 12.6 Å². The fourth-order valence-electron chi connectivity index (χ4n) is 1.62. The Labute approximate surface area is 169 Å². The molecule has 1 radical (unpaired) electrons. The maximum Gasteiger partial charge on any atom is 2.00 e. The third-order valence-corrected chi connectivity index (χ3v) is 3.12. The third kappa shape index (κ3) is 22.8. The second kappa shape index (κ2) is 18.6. The van der Waals surface area contributed by atoms with Gasteiger partial charge in [0, 0.05) is 12.1 Å². The summed E-state index contributed by atoms with van der Waals surface area (Å²) < 4.78 is 58.9. The first kappa shape index (κ1) is 35.9. The number of hydrogen-bond donors (Lipinski definition) is 0. The van der Waals surface area contributed by atoms with Gasteiger partial charge in [0.05, 0.1) is 0 Å². The smallest absolute Gasteiger partial charge is 1.00 e. The van der Waals surface area contributed by atoms with E-state index in [9.17, 15) is 13.2 Å². The minimum Gasteiger partial charge on any atom is -1.00 e. The third-order valence-electron chi connectivity index (χ3n) is 2.55. The number of halogens is 4. The predicted molar refractivity (Wildman–Crippen MR) is 85.1 cm³/mol. The van der Waals surface area contributed by atoms with Gasteiger partial charge in [-0.25, -0.2) is 8.42 Å². The second-order valence-corrected chi connectivity index (χ2v) is 6.39. The van der Waals surface area contributed by atoms with Crippen LogP contribution in [0.3, 0.4) is 0 Å². The summed E-state index contributed by atoms with van der Waals surface area (Å²) in [5.74, 6) is 0. The van der Waals surface area contributed by atoms with Crippen molar-refractivity contribution in [2.75, 3.05) is 6.54 Å². The molecule has 4 nitrogen and oxygen atoms in total. The SMILES string of the molecule is CCN(C(C)C)C(C)C.CC[B]CC.O=S(=O)([O-])C(F)(F)F.[Br-].[Zn+2]. The molecule has 24 heavy (non-hydrogen) atoms. The molecule has 0 aromatic rings. The zero-order chi connectivity index (χ0) is 18.6. The van der Waals surface area contributed by atoms with Crippen LogP contribution in [0, 0.1) is 0 Å². The summed E-state index contributed by atoms with van der Waals surface area (Å²) in [6, 6.07) is 1.38. The van der Waals surface area contributed by atoms with Crippen LogP contribution in [-0.4, -0.2) is 49.3 Å². The van der Waals surface area contributed by atoms with Crippen molar-refractivity contribution in [2.45, 2.75) is 78.7 Å². The Hall–Kier alpha value is 0.828. The minimum atomic E-state index is -6.09. The quantitative estimate of drug-likeness (QED) is 0.323. The Kier molecular flexibility index (Phi) is 27.8. The molecule has 0 amide bonds. The van der Waals surface area contributed by atoms with Crippen LogP contribution >= 0.6 is 0 Å². The van der Waals surface area contributed by atoms with Crippen LogP contribution in [0.25, 0.3) is 0 Å². The van der Waals surface area contributed by atoms with Crippen molar-refractivity contribution in [3.63, 3.8) is 0 Å². The second-order valence-electron chi connectivity index (χ2n) is 5.02. The van der Waals surface area contributed by atoms with Gasteiger partial charge >= 0.3 is 25.0 Å². The van der Waals surface area contributed by atoms with Crippen molar-refractivity contribution in [2.24, 2.45) is 0 Å². The molecule has 143 valence electrons. The Morgan fingerprint density at radius 1 is 1.00 bits per heavy atom. The number of hydrogen-bond acceptors (Lipinski definition) is 4. The van der Waals surface area contributed by atoms with Crippen molar-refractivity contribution >= 4 is 17.4 Å². The van der Waals surface area contributed by atoms with Crippen LogP contribution in [0.5, 0.6) is 0 Å². The van der Waals surface area contributed by atoms with Crippen molar-refractivity contribution in [1.29, 1.82) is 0 Å². The molecule has 0 aliphatic carbocycles. The van der Waals surface area contributed by atoms with Crippen LogP contribution in [-0.2, 0) is 29.6 Å². The van der Waals surface area contributed by atoms with Gasteiger partial charge < -0.3 is 21.5 Å². The molecule has 0 aliphatic rings. The molecule has 0 bridgehead atoms. The van der Waals surface area contributed by atoms with Crippen LogP contribution in [0.1, 0.15) is 48.5 Å². The summed E-state index contributed by atoms with van der Waals surface area (Å²) in [5, 5.41) is 0. The van der Waals surface area contributed by atoms with Gasteiger partial charge in [-0.15, -0.1) is 0 Å². The zero-order valence-electron chi connectivity index (χ0n) is 15.7. The Morgan fingerprint density at radius 2 is 1.25 bits per heavy atom. The van der Waals surface area contributed by atoms with Crippen molar-refractivity contribution in [1.82, 2.24) is 4.90 Å². The molecule has 0 fully saturated rings. The van der Waals surface area contributed by atoms with Gasteiger partial charge in [-0.1, -0.05) is 33.4 Å². The van der Waals surface area contributed by atoms with E-state index < -0.39 is 15.6 Å². The summed E-state index contributed by atoms with van der Waals surface area (Å²) in [7, 11) is -3.84. The monoisotopic (exact) mass is 490 g/mol. The summed E-state index contributed by atoms with van der Waals surface area (Å²) in [4.78, 5) is 2.46. The fourth-order valence-corrected chi connectivity index (χ4v) is 1.62. The first-order chi connectivity index (χ1) is 9.76. The average Bonchev–Trinajstić information content (AvgIpc) is 2.28. The van der Waals surface area contributed by atoms with E-state index >= 15 is 0 Å². The van der Waals surface area contributed by atoms with Gasteiger partial charge in [0.25, 0.3) is 0 Å². The fraction of sp³-hybridized carbons (Fsp3) is 1.00. The minimum absolute atomic E-state index is 0. The number of rotatable bonds is 5. The molecule has 0 saturated heterocycles. The molecule has 0 aromatic heterocycles. The summed E-state index contributed by atoms with van der Waals surface area (Å²) in [6.07, 6.45) is 2.44. The predicted octanol–water partition coefficient (Wildman–Crippen LogP) is 0.745. The van der Waals surface area contributed by atoms with Crippen LogP contribution in [0.15, 0.2) is 0 Å². The average molecular weight is 493 g/mol. The first-order valence-electron chi connectivity index (χ1n) is 7.35. The largest absolute Gasteiger partial charge is 2.00 e. The van der Waals surface area contributed by atoms with E-state index in [-0.39, 0.29) is 36.5 Å². The molecule has 11 heteroatoms. The van der Waals surface area contributed by atoms with Crippen LogP contribution < -0.4 is 17.0 Å². The molecule has 0 N–H and O–H groups in total. The standard InChI is InChI=1S/C8H19N.C4H10B.CHF3O3S.BrH.Zn/c1-6-9(7(2)3)8(4)5;1-3-5-4-2;2-1(3,4)8(5,6)7;;/h7-8H,6H2,1-5H3;3-4H2,1-2H3;(H,5,6,7);1H;/q;;;;+2/p-2. The number of nitrogens with zero attached hydrogens (tertiary/aromatic N) is 1. The van der Waals surface area contributed by atoms with E-state index in [1.54, 1.807) is 0 Å². The molecule has 0 saturated carbocycles. The first-order valence-corrected chi connectivity index (χ1v) is 8.76. The van der Waals surface area contributed by atoms with E-state index in [0.717, 1.165) is 6.54 Å². The van der Waals surface area contributed by atoms with Gasteiger partial charge in [0.1, 0.15) is 7.28 Å². The summed E-state index contributed by atoms with van der Waals surface area (Å²) in [6.45, 7) is 16.6. The molecule has 0 aliphatic heterocycles. The van der Waals surface area contributed by atoms with E-state index in [1.807, 2.05) is 0 Å². The molecule has 0 spiro atoms. The Morgan fingerprint density at radius 3 is 1.25 bits per heavy atom. The molecule has 0 heterocycles. The van der Waals surface area contributed by atoms with Crippen molar-refractivity contribution in [3.8, 4) is 0 Å². The normalized spacial score (nSPS) is 10.8. The van der Waals surface area contributed by atoms with Gasteiger partial charge in [-0.2, -0.15) is 13.2 Å². The maximum atomic E-state index is 10.7. The Balaban J connectivity index is -0.0000000748. The van der Waals surface area contributed by atoms with Gasteiger partial charge in [0.15, 0.2) is 10.1 Å². The van der Waals surface area contributed by atoms with E-state index in [2.05, 4.69) is 60.6 Å². The molecule has 0 rings (SSSR count). The van der Waals surface area contributed by atoms with E-state index in [0.29, 0.717) is 12.1 Å². The maximum absolute atomic E-state index is 10.7. The molecular formula is C13H29BBrF3NO3SZn. The summed E-state index contributed by atoms with van der Waals surface area (Å²) in [5.41, 5.74) is -5.65.